The Balaban J connectivity index is 2.16. The molecule has 1 aromatic carbocycles. The highest BCUT2D eigenvalue weighted by Crippen LogP contribution is 2.30. The van der Waals surface area contributed by atoms with E-state index in [1.54, 1.807) is 18.8 Å². The third kappa shape index (κ3) is 3.04. The van der Waals surface area contributed by atoms with Gasteiger partial charge >= 0.3 is 5.69 Å². The molecule has 0 N–H and O–H groups in total. The molecule has 0 saturated heterocycles. The van der Waals surface area contributed by atoms with Crippen LogP contribution in [-0.4, -0.2) is 9.13 Å². The summed E-state index contributed by atoms with van der Waals surface area (Å²) in [4.78, 5) is 23.5. The van der Waals surface area contributed by atoms with Gasteiger partial charge in [0.25, 0.3) is 5.56 Å². The molecule has 0 amide bonds. The van der Waals surface area contributed by atoms with Gasteiger partial charge in [0.05, 0.1) is 0 Å². The lowest BCUT2D eigenvalue weighted by atomic mass is 10.2. The van der Waals surface area contributed by atoms with Crippen molar-refractivity contribution in [1.82, 2.24) is 9.13 Å². The van der Waals surface area contributed by atoms with Crippen LogP contribution in [0.4, 0.5) is 0 Å². The lowest BCUT2D eigenvalue weighted by Gasteiger charge is -2.13. The Labute approximate surface area is 122 Å². The van der Waals surface area contributed by atoms with Crippen molar-refractivity contribution in [3.05, 3.63) is 68.5 Å². The molecule has 1 atom stereocenters. The Morgan fingerprint density at radius 3 is 2.40 bits per heavy atom. The van der Waals surface area contributed by atoms with Crippen LogP contribution in [0.5, 0.6) is 0 Å². The van der Waals surface area contributed by atoms with Gasteiger partial charge in [-0.1, -0.05) is 30.3 Å². The average Bonchev–Trinajstić information content (AvgIpc) is 2.48. The highest BCUT2D eigenvalue weighted by molar-refractivity contribution is 7.98. The first-order valence-electron chi connectivity index (χ1n) is 6.43. The van der Waals surface area contributed by atoms with Crippen LogP contribution in [0.2, 0.25) is 0 Å². The molecule has 0 unspecified atom stereocenters. The second-order valence-corrected chi connectivity index (χ2v) is 6.07. The van der Waals surface area contributed by atoms with Gasteiger partial charge in [0.2, 0.25) is 0 Å². The maximum absolute atomic E-state index is 11.8. The highest BCUT2D eigenvalue weighted by atomic mass is 32.2. The summed E-state index contributed by atoms with van der Waals surface area (Å²) >= 11 is 1.71. The number of benzene rings is 1. The molecule has 0 aliphatic heterocycles. The van der Waals surface area contributed by atoms with Gasteiger partial charge in [0.1, 0.15) is 0 Å². The quantitative estimate of drug-likeness (QED) is 0.866. The summed E-state index contributed by atoms with van der Waals surface area (Å²) in [6, 6.07) is 11.7. The molecular formula is C15H18N2O2S. The van der Waals surface area contributed by atoms with Gasteiger partial charge in [-0.15, -0.1) is 11.8 Å². The van der Waals surface area contributed by atoms with E-state index in [4.69, 9.17) is 0 Å². The molecule has 1 heterocycles. The zero-order chi connectivity index (χ0) is 14.7. The van der Waals surface area contributed by atoms with Crippen LogP contribution in [0.25, 0.3) is 0 Å². The van der Waals surface area contributed by atoms with E-state index in [2.05, 4.69) is 19.1 Å². The zero-order valence-corrected chi connectivity index (χ0v) is 12.7. The van der Waals surface area contributed by atoms with E-state index in [0.717, 1.165) is 10.3 Å². The van der Waals surface area contributed by atoms with Crippen LogP contribution in [0.15, 0.2) is 46.0 Å². The van der Waals surface area contributed by atoms with Gasteiger partial charge in [0, 0.05) is 36.9 Å². The van der Waals surface area contributed by atoms with Gasteiger partial charge in [-0.2, -0.15) is 0 Å². The molecule has 2 aromatic rings. The van der Waals surface area contributed by atoms with E-state index in [0.29, 0.717) is 11.0 Å². The average molecular weight is 290 g/mol. The smallest absolute Gasteiger partial charge is 0.300 e. The number of nitrogens with zero attached hydrogens (tertiary/aromatic N) is 2. The van der Waals surface area contributed by atoms with Crippen molar-refractivity contribution in [3.8, 4) is 0 Å². The maximum atomic E-state index is 11.8. The fourth-order valence-corrected chi connectivity index (χ4v) is 2.99. The Morgan fingerprint density at radius 2 is 1.75 bits per heavy atom. The summed E-state index contributed by atoms with van der Waals surface area (Å²) in [5.74, 6) is 0.637. The fourth-order valence-electron chi connectivity index (χ4n) is 1.95. The molecule has 106 valence electrons. The third-order valence-electron chi connectivity index (χ3n) is 3.38. The SMILES string of the molecule is C[C@@H](SCc1cc(=O)n(C)c(=O)n1C)c1ccccc1. The summed E-state index contributed by atoms with van der Waals surface area (Å²) < 4.78 is 2.65. The Bertz CT molecular complexity index is 704. The minimum Gasteiger partial charge on any atom is -0.300 e. The van der Waals surface area contributed by atoms with Crippen molar-refractivity contribution in [2.24, 2.45) is 14.1 Å². The van der Waals surface area contributed by atoms with Crippen LogP contribution in [0, 0.1) is 0 Å². The van der Waals surface area contributed by atoms with Crippen LogP contribution < -0.4 is 11.2 Å². The molecule has 4 nitrogen and oxygen atoms in total. The van der Waals surface area contributed by atoms with Crippen molar-refractivity contribution in [3.63, 3.8) is 0 Å². The maximum Gasteiger partial charge on any atom is 0.330 e. The van der Waals surface area contributed by atoms with Crippen molar-refractivity contribution in [2.45, 2.75) is 17.9 Å². The van der Waals surface area contributed by atoms with Crippen LogP contribution >= 0.6 is 11.8 Å². The van der Waals surface area contributed by atoms with Crippen molar-refractivity contribution in [1.29, 1.82) is 0 Å². The van der Waals surface area contributed by atoms with E-state index >= 15 is 0 Å². The first-order chi connectivity index (χ1) is 9.50. The summed E-state index contributed by atoms with van der Waals surface area (Å²) in [5, 5.41) is 0.315. The monoisotopic (exact) mass is 290 g/mol. The van der Waals surface area contributed by atoms with E-state index in [-0.39, 0.29) is 11.2 Å². The standard InChI is InChI=1S/C15H18N2O2S/c1-11(12-7-5-4-6-8-12)20-10-13-9-14(18)17(3)15(19)16(13)2/h4-9,11H,10H2,1-3H3/t11-/m1/s1. The molecule has 0 radical (unpaired) electrons. The van der Waals surface area contributed by atoms with E-state index < -0.39 is 0 Å². The molecule has 0 bridgehead atoms. The topological polar surface area (TPSA) is 44.0 Å². The largest absolute Gasteiger partial charge is 0.330 e. The summed E-state index contributed by atoms with van der Waals surface area (Å²) in [6.45, 7) is 2.12. The second-order valence-electron chi connectivity index (χ2n) is 4.74. The number of aromatic nitrogens is 2. The van der Waals surface area contributed by atoms with Gasteiger partial charge in [-0.05, 0) is 12.5 Å². The van der Waals surface area contributed by atoms with Crippen LogP contribution in [-0.2, 0) is 19.8 Å². The van der Waals surface area contributed by atoms with Crippen molar-refractivity contribution in [2.75, 3.05) is 0 Å². The van der Waals surface area contributed by atoms with Gasteiger partial charge < -0.3 is 0 Å². The molecule has 0 spiro atoms. The number of hydrogen-bond donors (Lipinski definition) is 0. The third-order valence-corrected chi connectivity index (χ3v) is 4.61. The summed E-state index contributed by atoms with van der Waals surface area (Å²) in [6.07, 6.45) is 0. The summed E-state index contributed by atoms with van der Waals surface area (Å²) in [5.41, 5.74) is 1.47. The molecular weight excluding hydrogens is 272 g/mol. The van der Waals surface area contributed by atoms with Gasteiger partial charge in [-0.25, -0.2) is 4.79 Å². The van der Waals surface area contributed by atoms with Crippen molar-refractivity contribution < 1.29 is 0 Å². The van der Waals surface area contributed by atoms with Crippen LogP contribution in [0.1, 0.15) is 23.4 Å². The van der Waals surface area contributed by atoms with E-state index in [9.17, 15) is 9.59 Å². The molecule has 0 saturated carbocycles. The van der Waals surface area contributed by atoms with Crippen LogP contribution in [0.3, 0.4) is 0 Å². The highest BCUT2D eigenvalue weighted by Gasteiger charge is 2.09. The molecule has 0 aliphatic rings. The Morgan fingerprint density at radius 1 is 1.10 bits per heavy atom. The lowest BCUT2D eigenvalue weighted by Crippen LogP contribution is -2.37. The first kappa shape index (κ1) is 14.7. The number of rotatable bonds is 4. The zero-order valence-electron chi connectivity index (χ0n) is 11.9. The molecule has 1 aromatic heterocycles. The summed E-state index contributed by atoms with van der Waals surface area (Å²) in [7, 11) is 3.19. The molecule has 0 aliphatic carbocycles. The number of hydrogen-bond acceptors (Lipinski definition) is 3. The predicted molar refractivity (Wildman–Crippen MR) is 83.1 cm³/mol. The molecule has 20 heavy (non-hydrogen) atoms. The predicted octanol–water partition coefficient (Wildman–Crippen LogP) is 2.08. The normalized spacial score (nSPS) is 12.3. The minimum absolute atomic E-state index is 0.254. The minimum atomic E-state index is -0.277. The molecule has 0 fully saturated rings. The van der Waals surface area contributed by atoms with Gasteiger partial charge in [0.15, 0.2) is 0 Å². The Hall–Kier alpha value is -1.75. The van der Waals surface area contributed by atoms with Gasteiger partial charge in [-0.3, -0.25) is 13.9 Å². The second kappa shape index (κ2) is 6.13. The molecule has 5 heteroatoms. The first-order valence-corrected chi connectivity index (χ1v) is 7.48. The lowest BCUT2D eigenvalue weighted by molar-refractivity contribution is 0.665. The number of thioether (sulfide) groups is 1. The van der Waals surface area contributed by atoms with E-state index in [1.165, 1.54) is 23.2 Å². The Kier molecular flexibility index (Phi) is 4.49. The fraction of sp³-hybridized carbons (Fsp3) is 0.333. The molecule has 2 rings (SSSR count). The van der Waals surface area contributed by atoms with Crippen molar-refractivity contribution >= 4 is 11.8 Å². The van der Waals surface area contributed by atoms with E-state index in [1.807, 2.05) is 18.2 Å².